The van der Waals surface area contributed by atoms with E-state index in [1.54, 1.807) is 37.8 Å². The summed E-state index contributed by atoms with van der Waals surface area (Å²) in [7, 11) is 0.873. The van der Waals surface area contributed by atoms with Crippen LogP contribution in [0.3, 0.4) is 0 Å². The highest BCUT2D eigenvalue weighted by molar-refractivity contribution is 7.89. The predicted molar refractivity (Wildman–Crippen MR) is 125 cm³/mol. The number of ether oxygens (including phenoxy) is 3. The highest BCUT2D eigenvalue weighted by Crippen LogP contribution is 2.46. The molecule has 0 fully saturated rings. The van der Waals surface area contributed by atoms with Crippen molar-refractivity contribution in [3.8, 4) is 23.0 Å². The van der Waals surface area contributed by atoms with Crippen LogP contribution in [0, 0.1) is 0 Å². The molecule has 3 heterocycles. The van der Waals surface area contributed by atoms with E-state index < -0.39 is 10.1 Å². The third-order valence-electron chi connectivity index (χ3n) is 6.36. The molecule has 9 heteroatoms. The van der Waals surface area contributed by atoms with Crippen molar-refractivity contribution in [1.82, 2.24) is 4.90 Å². The lowest BCUT2D eigenvalue weighted by molar-refractivity contribution is 0.158. The summed E-state index contributed by atoms with van der Waals surface area (Å²) in [5.41, 5.74) is 4.38. The maximum Gasteiger partial charge on any atom is 0.348 e. The maximum atomic E-state index is 12.9. The van der Waals surface area contributed by atoms with Crippen LogP contribution < -0.4 is 18.4 Å². The zero-order valence-electron chi connectivity index (χ0n) is 18.7. The van der Waals surface area contributed by atoms with E-state index in [4.69, 9.17) is 18.4 Å². The molecule has 33 heavy (non-hydrogen) atoms. The Hall–Kier alpha value is -2.75. The summed E-state index contributed by atoms with van der Waals surface area (Å²) in [4.78, 5) is 2.36. The minimum absolute atomic E-state index is 0.163. The number of rotatable bonds is 6. The second-order valence-corrected chi connectivity index (χ2v) is 10.8. The fraction of sp³-hybridized carbons (Fsp3) is 0.333. The standard InChI is InChI=1S/C24H25NO6S2/c1-28-20-7-6-15-11-19-17-13-22(30-3)21(29-2)12-16(17)8-9-25(19)14-18(15)24(20)31-33(26,27)23-5-4-10-32-23/h4-7,10,12-13,19H,8-9,11,14H2,1-3H3. The van der Waals surface area contributed by atoms with E-state index in [0.717, 1.165) is 47.6 Å². The second kappa shape index (κ2) is 8.55. The van der Waals surface area contributed by atoms with Gasteiger partial charge in [0.05, 0.1) is 21.3 Å². The van der Waals surface area contributed by atoms with Crippen molar-refractivity contribution in [3.63, 3.8) is 0 Å². The van der Waals surface area contributed by atoms with Gasteiger partial charge in [0.25, 0.3) is 0 Å². The zero-order chi connectivity index (χ0) is 23.2. The topological polar surface area (TPSA) is 74.3 Å². The van der Waals surface area contributed by atoms with Gasteiger partial charge in [0.2, 0.25) is 0 Å². The summed E-state index contributed by atoms with van der Waals surface area (Å²) in [6, 6.07) is 11.3. The van der Waals surface area contributed by atoms with Gasteiger partial charge in [0, 0.05) is 24.7 Å². The molecule has 2 aliphatic heterocycles. The number of fused-ring (bicyclic) bond motifs is 4. The summed E-state index contributed by atoms with van der Waals surface area (Å²) in [6.45, 7) is 1.42. The maximum absolute atomic E-state index is 12.9. The first-order chi connectivity index (χ1) is 15.9. The molecule has 0 saturated carbocycles. The van der Waals surface area contributed by atoms with Gasteiger partial charge in [-0.3, -0.25) is 4.90 Å². The van der Waals surface area contributed by atoms with Crippen LogP contribution in [-0.2, 0) is 29.5 Å². The Bertz CT molecular complexity index is 1290. The number of hydrogen-bond acceptors (Lipinski definition) is 8. The molecule has 1 unspecified atom stereocenters. The molecule has 0 amide bonds. The minimum atomic E-state index is -3.94. The number of methoxy groups -OCH3 is 3. The van der Waals surface area contributed by atoms with E-state index in [9.17, 15) is 8.42 Å². The van der Waals surface area contributed by atoms with Crippen LogP contribution in [-0.4, -0.2) is 41.2 Å². The van der Waals surface area contributed by atoms with Crippen LogP contribution in [0.25, 0.3) is 0 Å². The fourth-order valence-electron chi connectivity index (χ4n) is 4.74. The molecule has 0 saturated heterocycles. The van der Waals surface area contributed by atoms with Gasteiger partial charge in [-0.2, -0.15) is 8.42 Å². The van der Waals surface area contributed by atoms with E-state index in [2.05, 4.69) is 17.0 Å². The lowest BCUT2D eigenvalue weighted by Crippen LogP contribution is -2.39. The highest BCUT2D eigenvalue weighted by Gasteiger charge is 2.36. The first kappa shape index (κ1) is 22.1. The first-order valence-corrected chi connectivity index (χ1v) is 12.9. The molecular formula is C24H25NO6S2. The van der Waals surface area contributed by atoms with Crippen LogP contribution in [0.15, 0.2) is 46.0 Å². The van der Waals surface area contributed by atoms with Gasteiger partial charge in [0.15, 0.2) is 27.2 Å². The van der Waals surface area contributed by atoms with Crippen LogP contribution in [0.2, 0.25) is 0 Å². The summed E-state index contributed by atoms with van der Waals surface area (Å²) in [5.74, 6) is 2.14. The average Bonchev–Trinajstić information content (AvgIpc) is 3.38. The molecule has 1 aromatic heterocycles. The van der Waals surface area contributed by atoms with Crippen molar-refractivity contribution < 1.29 is 26.8 Å². The molecule has 7 nitrogen and oxygen atoms in total. The highest BCUT2D eigenvalue weighted by atomic mass is 32.3. The molecule has 0 N–H and O–H groups in total. The lowest BCUT2D eigenvalue weighted by Gasteiger charge is -2.42. The Kier molecular flexibility index (Phi) is 5.72. The van der Waals surface area contributed by atoms with Crippen LogP contribution in [0.1, 0.15) is 28.3 Å². The van der Waals surface area contributed by atoms with Gasteiger partial charge in [-0.1, -0.05) is 12.1 Å². The van der Waals surface area contributed by atoms with Gasteiger partial charge >= 0.3 is 10.1 Å². The Morgan fingerprint density at radius 3 is 2.42 bits per heavy atom. The second-order valence-electron chi connectivity index (χ2n) is 8.05. The Morgan fingerprint density at radius 1 is 0.970 bits per heavy atom. The number of benzene rings is 2. The Morgan fingerprint density at radius 2 is 1.73 bits per heavy atom. The first-order valence-electron chi connectivity index (χ1n) is 10.6. The van der Waals surface area contributed by atoms with Crippen molar-refractivity contribution in [1.29, 1.82) is 0 Å². The van der Waals surface area contributed by atoms with E-state index in [0.29, 0.717) is 18.0 Å². The molecule has 0 aliphatic carbocycles. The molecule has 0 radical (unpaired) electrons. The summed E-state index contributed by atoms with van der Waals surface area (Å²) >= 11 is 1.13. The quantitative estimate of drug-likeness (QED) is 0.483. The predicted octanol–water partition coefficient (Wildman–Crippen LogP) is 4.20. The van der Waals surface area contributed by atoms with Crippen LogP contribution >= 0.6 is 11.3 Å². The normalized spacial score (nSPS) is 17.5. The van der Waals surface area contributed by atoms with Gasteiger partial charge in [-0.25, -0.2) is 0 Å². The monoisotopic (exact) mass is 487 g/mol. The summed E-state index contributed by atoms with van der Waals surface area (Å²) < 4.78 is 48.1. The van der Waals surface area contributed by atoms with Gasteiger partial charge in [-0.05, 0) is 59.2 Å². The van der Waals surface area contributed by atoms with E-state index in [-0.39, 0.29) is 16.0 Å². The molecule has 0 spiro atoms. The third kappa shape index (κ3) is 3.84. The average molecular weight is 488 g/mol. The van der Waals surface area contributed by atoms with Gasteiger partial charge in [-0.15, -0.1) is 11.3 Å². The SMILES string of the molecule is COc1cc2c(cc1OC)C1Cc3ccc(OC)c(OS(=O)(=O)c4cccs4)c3CN1CC2. The molecular weight excluding hydrogens is 462 g/mol. The van der Waals surface area contributed by atoms with Crippen molar-refractivity contribution in [2.24, 2.45) is 0 Å². The van der Waals surface area contributed by atoms with E-state index in [1.165, 1.54) is 18.2 Å². The van der Waals surface area contributed by atoms with Gasteiger partial charge in [0.1, 0.15) is 0 Å². The summed E-state index contributed by atoms with van der Waals surface area (Å²) in [5, 5.41) is 1.72. The van der Waals surface area contributed by atoms with Gasteiger partial charge < -0.3 is 18.4 Å². The number of hydrogen-bond donors (Lipinski definition) is 0. The summed E-state index contributed by atoms with van der Waals surface area (Å²) in [6.07, 6.45) is 1.60. The van der Waals surface area contributed by atoms with E-state index >= 15 is 0 Å². The van der Waals surface area contributed by atoms with E-state index in [1.807, 2.05) is 6.07 Å². The number of thiophene rings is 1. The van der Waals surface area contributed by atoms with Crippen LogP contribution in [0.4, 0.5) is 0 Å². The Labute approximate surface area is 197 Å². The molecule has 1 atom stereocenters. The molecule has 3 aromatic rings. The van der Waals surface area contributed by atoms with Crippen LogP contribution in [0.5, 0.6) is 23.0 Å². The fourth-order valence-corrected chi connectivity index (χ4v) is 6.66. The van der Waals surface area contributed by atoms with Crippen molar-refractivity contribution in [3.05, 3.63) is 64.0 Å². The largest absolute Gasteiger partial charge is 0.493 e. The van der Waals surface area contributed by atoms with Crippen molar-refractivity contribution >= 4 is 21.5 Å². The lowest BCUT2D eigenvalue weighted by atomic mass is 9.83. The molecule has 5 rings (SSSR count). The van der Waals surface area contributed by atoms with Crippen molar-refractivity contribution in [2.75, 3.05) is 27.9 Å². The minimum Gasteiger partial charge on any atom is -0.493 e. The Balaban J connectivity index is 1.55. The molecule has 174 valence electrons. The number of nitrogens with zero attached hydrogens (tertiary/aromatic N) is 1. The molecule has 2 aliphatic rings. The zero-order valence-corrected chi connectivity index (χ0v) is 20.3. The van der Waals surface area contributed by atoms with Crippen molar-refractivity contribution in [2.45, 2.75) is 29.6 Å². The molecule has 2 aromatic carbocycles. The smallest absolute Gasteiger partial charge is 0.348 e. The molecule has 0 bridgehead atoms. The third-order valence-corrected chi connectivity index (χ3v) is 8.94.